The second-order valence-electron chi connectivity index (χ2n) is 5.60. The van der Waals surface area contributed by atoms with Crippen molar-refractivity contribution in [1.82, 2.24) is 9.97 Å². The van der Waals surface area contributed by atoms with Crippen molar-refractivity contribution in [2.75, 3.05) is 11.9 Å². The van der Waals surface area contributed by atoms with E-state index in [9.17, 15) is 4.39 Å². The van der Waals surface area contributed by atoms with Crippen LogP contribution in [0.2, 0.25) is 0 Å². The molecule has 0 radical (unpaired) electrons. The summed E-state index contributed by atoms with van der Waals surface area (Å²) in [7, 11) is 0. The maximum Gasteiger partial charge on any atom is 0.161 e. The number of nitrogens with one attached hydrogen (secondary N) is 1. The Bertz CT molecular complexity index is 596. The lowest BCUT2D eigenvalue weighted by Gasteiger charge is -2.11. The summed E-state index contributed by atoms with van der Waals surface area (Å²) < 4.78 is 13.4. The average molecular weight is 287 g/mol. The zero-order valence-corrected chi connectivity index (χ0v) is 12.9. The normalized spacial score (nSPS) is 10.9. The van der Waals surface area contributed by atoms with E-state index in [0.29, 0.717) is 17.3 Å². The topological polar surface area (TPSA) is 37.8 Å². The molecule has 3 nitrogen and oxygen atoms in total. The van der Waals surface area contributed by atoms with Crippen LogP contribution in [0, 0.1) is 11.7 Å². The Hall–Kier alpha value is -1.97. The van der Waals surface area contributed by atoms with Crippen LogP contribution in [0.15, 0.2) is 30.3 Å². The van der Waals surface area contributed by atoms with Gasteiger partial charge in [0.2, 0.25) is 0 Å². The highest BCUT2D eigenvalue weighted by molar-refractivity contribution is 5.57. The molecule has 4 heteroatoms. The van der Waals surface area contributed by atoms with Gasteiger partial charge in [-0.1, -0.05) is 32.9 Å². The Labute approximate surface area is 125 Å². The van der Waals surface area contributed by atoms with Crippen molar-refractivity contribution in [3.8, 4) is 11.4 Å². The fraction of sp³-hybridized carbons (Fsp3) is 0.412. The van der Waals surface area contributed by atoms with Gasteiger partial charge in [-0.2, -0.15) is 0 Å². The lowest BCUT2D eigenvalue weighted by atomic mass is 10.1. The van der Waals surface area contributed by atoms with E-state index in [1.54, 1.807) is 6.07 Å². The lowest BCUT2D eigenvalue weighted by molar-refractivity contribution is 0.627. The summed E-state index contributed by atoms with van der Waals surface area (Å²) in [6, 6.07) is 8.40. The van der Waals surface area contributed by atoms with Crippen LogP contribution in [0.25, 0.3) is 11.4 Å². The van der Waals surface area contributed by atoms with E-state index in [0.717, 1.165) is 30.9 Å². The van der Waals surface area contributed by atoms with Gasteiger partial charge in [0.1, 0.15) is 11.6 Å². The first kappa shape index (κ1) is 15.4. The first-order valence-corrected chi connectivity index (χ1v) is 7.46. The summed E-state index contributed by atoms with van der Waals surface area (Å²) >= 11 is 0. The number of hydrogen-bond acceptors (Lipinski definition) is 3. The zero-order valence-electron chi connectivity index (χ0n) is 12.9. The van der Waals surface area contributed by atoms with Crippen LogP contribution in [0.1, 0.15) is 32.9 Å². The predicted molar refractivity (Wildman–Crippen MR) is 84.7 cm³/mol. The van der Waals surface area contributed by atoms with Gasteiger partial charge in [-0.05, 0) is 30.9 Å². The van der Waals surface area contributed by atoms with Gasteiger partial charge >= 0.3 is 0 Å². The maximum absolute atomic E-state index is 13.4. The standard InChI is InChI=1S/C17H22FN3/c1-4-8-19-16-11-15(9-12(2)3)20-17(21-16)13-6-5-7-14(18)10-13/h5-7,10-12H,4,8-9H2,1-3H3,(H,19,20,21). The highest BCUT2D eigenvalue weighted by Gasteiger charge is 2.09. The Morgan fingerprint density at radius 2 is 2.00 bits per heavy atom. The molecule has 0 saturated heterocycles. The number of halogens is 1. The van der Waals surface area contributed by atoms with E-state index >= 15 is 0 Å². The van der Waals surface area contributed by atoms with Gasteiger partial charge < -0.3 is 5.32 Å². The highest BCUT2D eigenvalue weighted by Crippen LogP contribution is 2.20. The van der Waals surface area contributed by atoms with Gasteiger partial charge in [0.15, 0.2) is 5.82 Å². The van der Waals surface area contributed by atoms with Crippen LogP contribution >= 0.6 is 0 Å². The Kier molecular flexibility index (Phi) is 5.26. The van der Waals surface area contributed by atoms with Crippen molar-refractivity contribution in [1.29, 1.82) is 0 Å². The van der Waals surface area contributed by atoms with Crippen molar-refractivity contribution < 1.29 is 4.39 Å². The van der Waals surface area contributed by atoms with Gasteiger partial charge in [-0.25, -0.2) is 14.4 Å². The molecule has 0 spiro atoms. The van der Waals surface area contributed by atoms with Crippen molar-refractivity contribution in [2.45, 2.75) is 33.6 Å². The Morgan fingerprint density at radius 1 is 1.19 bits per heavy atom. The first-order chi connectivity index (χ1) is 10.1. The second-order valence-corrected chi connectivity index (χ2v) is 5.60. The van der Waals surface area contributed by atoms with E-state index < -0.39 is 0 Å². The van der Waals surface area contributed by atoms with Crippen LogP contribution in [-0.2, 0) is 6.42 Å². The molecule has 2 rings (SSSR count). The molecule has 21 heavy (non-hydrogen) atoms. The average Bonchev–Trinajstić information content (AvgIpc) is 2.44. The van der Waals surface area contributed by atoms with Gasteiger partial charge in [-0.3, -0.25) is 0 Å². The SMILES string of the molecule is CCCNc1cc(CC(C)C)nc(-c2cccc(F)c2)n1. The number of rotatable bonds is 6. The smallest absolute Gasteiger partial charge is 0.161 e. The second kappa shape index (κ2) is 7.16. The molecule has 0 unspecified atom stereocenters. The first-order valence-electron chi connectivity index (χ1n) is 7.46. The Balaban J connectivity index is 2.38. The molecule has 0 atom stereocenters. The third-order valence-electron chi connectivity index (χ3n) is 3.04. The minimum absolute atomic E-state index is 0.270. The van der Waals surface area contributed by atoms with E-state index in [-0.39, 0.29) is 5.82 Å². The number of anilines is 1. The molecule has 0 aliphatic heterocycles. The monoisotopic (exact) mass is 287 g/mol. The minimum Gasteiger partial charge on any atom is -0.370 e. The molecule has 2 aromatic rings. The van der Waals surface area contributed by atoms with Gasteiger partial charge in [0.25, 0.3) is 0 Å². The summed E-state index contributed by atoms with van der Waals surface area (Å²) in [5, 5.41) is 3.29. The lowest BCUT2D eigenvalue weighted by Crippen LogP contribution is -2.07. The number of benzene rings is 1. The highest BCUT2D eigenvalue weighted by atomic mass is 19.1. The molecule has 0 amide bonds. The van der Waals surface area contributed by atoms with Crippen molar-refractivity contribution >= 4 is 5.82 Å². The van der Waals surface area contributed by atoms with Crippen molar-refractivity contribution in [3.05, 3.63) is 41.8 Å². The van der Waals surface area contributed by atoms with Gasteiger partial charge in [0.05, 0.1) is 0 Å². The fourth-order valence-corrected chi connectivity index (χ4v) is 2.12. The number of aromatic nitrogens is 2. The molecule has 1 N–H and O–H groups in total. The third-order valence-corrected chi connectivity index (χ3v) is 3.04. The third kappa shape index (κ3) is 4.52. The quantitative estimate of drug-likeness (QED) is 0.860. The number of hydrogen-bond donors (Lipinski definition) is 1. The summed E-state index contributed by atoms with van der Waals surface area (Å²) in [5.41, 5.74) is 1.69. The van der Waals surface area contributed by atoms with Crippen LogP contribution in [-0.4, -0.2) is 16.5 Å². The van der Waals surface area contributed by atoms with Crippen LogP contribution in [0.4, 0.5) is 10.2 Å². The molecule has 0 aliphatic rings. The summed E-state index contributed by atoms with van der Waals surface area (Å²) in [6.45, 7) is 7.28. The predicted octanol–water partition coefficient (Wildman–Crippen LogP) is 4.30. The fourth-order valence-electron chi connectivity index (χ4n) is 2.12. The molecule has 0 aliphatic carbocycles. The van der Waals surface area contributed by atoms with Crippen molar-refractivity contribution in [3.63, 3.8) is 0 Å². The molecule has 0 bridgehead atoms. The largest absolute Gasteiger partial charge is 0.370 e. The van der Waals surface area contributed by atoms with E-state index in [2.05, 4.69) is 36.1 Å². The molecule has 0 fully saturated rings. The summed E-state index contributed by atoms with van der Waals surface area (Å²) in [5.74, 6) is 1.63. The molecule has 112 valence electrons. The van der Waals surface area contributed by atoms with Gasteiger partial charge in [0, 0.05) is 23.9 Å². The van der Waals surface area contributed by atoms with Crippen LogP contribution in [0.3, 0.4) is 0 Å². The van der Waals surface area contributed by atoms with Gasteiger partial charge in [-0.15, -0.1) is 0 Å². The molecule has 1 aromatic heterocycles. The Morgan fingerprint density at radius 3 is 2.67 bits per heavy atom. The van der Waals surface area contributed by atoms with E-state index in [1.807, 2.05) is 12.1 Å². The molecule has 1 heterocycles. The van der Waals surface area contributed by atoms with Crippen molar-refractivity contribution in [2.24, 2.45) is 5.92 Å². The summed E-state index contributed by atoms with van der Waals surface area (Å²) in [4.78, 5) is 9.08. The molecular formula is C17H22FN3. The van der Waals surface area contributed by atoms with Crippen LogP contribution < -0.4 is 5.32 Å². The molecular weight excluding hydrogens is 265 g/mol. The van der Waals surface area contributed by atoms with E-state index in [4.69, 9.17) is 0 Å². The van der Waals surface area contributed by atoms with E-state index in [1.165, 1.54) is 12.1 Å². The van der Waals surface area contributed by atoms with Crippen LogP contribution in [0.5, 0.6) is 0 Å². The maximum atomic E-state index is 13.4. The number of nitrogens with zero attached hydrogens (tertiary/aromatic N) is 2. The zero-order chi connectivity index (χ0) is 15.2. The molecule has 0 saturated carbocycles. The summed E-state index contributed by atoms with van der Waals surface area (Å²) in [6.07, 6.45) is 1.91. The molecule has 1 aromatic carbocycles. The minimum atomic E-state index is -0.270.